The van der Waals surface area contributed by atoms with Crippen molar-refractivity contribution in [1.29, 1.82) is 0 Å². The van der Waals surface area contributed by atoms with Crippen molar-refractivity contribution in [3.05, 3.63) is 41.5 Å². The van der Waals surface area contributed by atoms with Crippen LogP contribution in [-0.4, -0.2) is 15.0 Å². The lowest BCUT2D eigenvalue weighted by atomic mass is 10.1. The minimum Gasteiger partial charge on any atom is -0.325 e. The monoisotopic (exact) mass is 214 g/mol. The average Bonchev–Trinajstić information content (AvgIpc) is 2.28. The topological polar surface area (TPSA) is 64.7 Å². The Morgan fingerprint density at radius 3 is 2.75 bits per heavy atom. The summed E-state index contributed by atoms with van der Waals surface area (Å²) in [6.07, 6.45) is 3.54. The minimum absolute atomic E-state index is 0.426. The first-order chi connectivity index (χ1) is 7.70. The van der Waals surface area contributed by atoms with E-state index in [2.05, 4.69) is 15.0 Å². The third-order valence-corrected chi connectivity index (χ3v) is 2.40. The lowest BCUT2D eigenvalue weighted by molar-refractivity contribution is 0.951. The van der Waals surface area contributed by atoms with Crippen LogP contribution >= 0.6 is 0 Å². The van der Waals surface area contributed by atoms with Crippen LogP contribution in [0, 0.1) is 13.8 Å². The smallest absolute Gasteiger partial charge is 0.161 e. The molecule has 16 heavy (non-hydrogen) atoms. The predicted octanol–water partition coefficient (Wildman–Crippen LogP) is 1.61. The van der Waals surface area contributed by atoms with Crippen LogP contribution in [0.1, 0.15) is 17.0 Å². The fourth-order valence-electron chi connectivity index (χ4n) is 1.56. The Hall–Kier alpha value is -1.81. The number of nitrogens with zero attached hydrogens (tertiary/aromatic N) is 3. The van der Waals surface area contributed by atoms with Gasteiger partial charge in [0.05, 0.1) is 5.69 Å². The summed E-state index contributed by atoms with van der Waals surface area (Å²) < 4.78 is 0. The molecule has 0 amide bonds. The molecule has 0 saturated heterocycles. The van der Waals surface area contributed by atoms with Crippen molar-refractivity contribution in [3.8, 4) is 11.4 Å². The van der Waals surface area contributed by atoms with Gasteiger partial charge in [0, 0.05) is 30.2 Å². The first-order valence-corrected chi connectivity index (χ1v) is 5.16. The summed E-state index contributed by atoms with van der Waals surface area (Å²) in [7, 11) is 0. The third-order valence-electron chi connectivity index (χ3n) is 2.40. The largest absolute Gasteiger partial charge is 0.325 e. The fraction of sp³-hybridized carbons (Fsp3) is 0.250. The highest BCUT2D eigenvalue weighted by Crippen LogP contribution is 2.18. The van der Waals surface area contributed by atoms with Gasteiger partial charge in [0.15, 0.2) is 5.82 Å². The second-order valence-electron chi connectivity index (χ2n) is 3.72. The molecule has 0 aliphatic heterocycles. The molecular weight excluding hydrogens is 200 g/mol. The predicted molar refractivity (Wildman–Crippen MR) is 62.6 cm³/mol. The molecule has 0 fully saturated rings. The Bertz CT molecular complexity index is 508. The van der Waals surface area contributed by atoms with Gasteiger partial charge in [0.1, 0.15) is 0 Å². The third kappa shape index (κ3) is 2.06. The van der Waals surface area contributed by atoms with Crippen molar-refractivity contribution < 1.29 is 0 Å². The van der Waals surface area contributed by atoms with E-state index in [0.717, 1.165) is 22.5 Å². The van der Waals surface area contributed by atoms with Gasteiger partial charge in [0.25, 0.3) is 0 Å². The molecule has 0 aromatic carbocycles. The summed E-state index contributed by atoms with van der Waals surface area (Å²) in [4.78, 5) is 12.9. The molecule has 0 bridgehead atoms. The number of aryl methyl sites for hydroxylation is 2. The van der Waals surface area contributed by atoms with Crippen molar-refractivity contribution in [3.63, 3.8) is 0 Å². The number of hydrogen-bond acceptors (Lipinski definition) is 4. The van der Waals surface area contributed by atoms with Gasteiger partial charge < -0.3 is 5.73 Å². The first-order valence-electron chi connectivity index (χ1n) is 5.16. The van der Waals surface area contributed by atoms with Crippen LogP contribution in [0.15, 0.2) is 24.5 Å². The Labute approximate surface area is 94.6 Å². The Morgan fingerprint density at radius 1 is 1.25 bits per heavy atom. The molecule has 0 unspecified atom stereocenters. The van der Waals surface area contributed by atoms with Gasteiger partial charge in [-0.1, -0.05) is 0 Å². The molecular formula is C12H14N4. The zero-order chi connectivity index (χ0) is 11.5. The zero-order valence-electron chi connectivity index (χ0n) is 9.44. The molecule has 0 atom stereocenters. The van der Waals surface area contributed by atoms with Gasteiger partial charge in [-0.2, -0.15) is 0 Å². The van der Waals surface area contributed by atoms with Gasteiger partial charge >= 0.3 is 0 Å². The Balaban J connectivity index is 2.56. The lowest BCUT2D eigenvalue weighted by Crippen LogP contribution is -2.04. The molecule has 0 saturated carbocycles. The molecule has 2 N–H and O–H groups in total. The second-order valence-corrected chi connectivity index (χ2v) is 3.72. The highest BCUT2D eigenvalue weighted by atomic mass is 14.9. The van der Waals surface area contributed by atoms with E-state index in [1.54, 1.807) is 12.4 Å². The van der Waals surface area contributed by atoms with Gasteiger partial charge in [0.2, 0.25) is 0 Å². The summed E-state index contributed by atoms with van der Waals surface area (Å²) in [5.41, 5.74) is 9.45. The molecule has 2 aromatic rings. The highest BCUT2D eigenvalue weighted by molar-refractivity contribution is 5.58. The molecule has 4 heteroatoms. The molecule has 2 aromatic heterocycles. The summed E-state index contributed by atoms with van der Waals surface area (Å²) in [5.74, 6) is 0.700. The highest BCUT2D eigenvalue weighted by Gasteiger charge is 2.06. The van der Waals surface area contributed by atoms with Crippen molar-refractivity contribution in [2.24, 2.45) is 5.73 Å². The summed E-state index contributed by atoms with van der Waals surface area (Å²) in [6, 6.07) is 3.85. The van der Waals surface area contributed by atoms with Gasteiger partial charge in [-0.25, -0.2) is 9.97 Å². The fourth-order valence-corrected chi connectivity index (χ4v) is 1.56. The minimum atomic E-state index is 0.426. The molecule has 2 heterocycles. The quantitative estimate of drug-likeness (QED) is 0.825. The van der Waals surface area contributed by atoms with Crippen molar-refractivity contribution in [2.75, 3.05) is 0 Å². The molecule has 0 spiro atoms. The maximum atomic E-state index is 5.60. The number of rotatable bonds is 2. The maximum absolute atomic E-state index is 5.60. The van der Waals surface area contributed by atoms with Crippen molar-refractivity contribution in [1.82, 2.24) is 15.0 Å². The lowest BCUT2D eigenvalue weighted by Gasteiger charge is -2.06. The van der Waals surface area contributed by atoms with E-state index in [4.69, 9.17) is 5.73 Å². The van der Waals surface area contributed by atoms with E-state index < -0.39 is 0 Å². The van der Waals surface area contributed by atoms with Gasteiger partial charge in [-0.15, -0.1) is 0 Å². The Morgan fingerprint density at radius 2 is 2.06 bits per heavy atom. The zero-order valence-corrected chi connectivity index (χ0v) is 9.44. The van der Waals surface area contributed by atoms with Crippen molar-refractivity contribution >= 4 is 0 Å². The SMILES string of the molecule is Cc1cc(CN)nc(-c2cnccc2C)n1. The normalized spacial score (nSPS) is 10.4. The molecule has 0 aliphatic carbocycles. The molecule has 82 valence electrons. The van der Waals surface area contributed by atoms with E-state index in [1.807, 2.05) is 26.0 Å². The first kappa shape index (κ1) is 10.7. The van der Waals surface area contributed by atoms with Crippen LogP contribution in [0.5, 0.6) is 0 Å². The van der Waals surface area contributed by atoms with Crippen LogP contribution in [0.4, 0.5) is 0 Å². The summed E-state index contributed by atoms with van der Waals surface area (Å²) in [6.45, 7) is 4.39. The second kappa shape index (κ2) is 4.37. The number of pyridine rings is 1. The van der Waals surface area contributed by atoms with Crippen LogP contribution in [0.3, 0.4) is 0 Å². The van der Waals surface area contributed by atoms with Crippen molar-refractivity contribution in [2.45, 2.75) is 20.4 Å². The van der Waals surface area contributed by atoms with E-state index in [0.29, 0.717) is 12.4 Å². The van der Waals surface area contributed by atoms with E-state index in [-0.39, 0.29) is 0 Å². The molecule has 4 nitrogen and oxygen atoms in total. The van der Waals surface area contributed by atoms with E-state index >= 15 is 0 Å². The van der Waals surface area contributed by atoms with Gasteiger partial charge in [-0.05, 0) is 31.5 Å². The number of aromatic nitrogens is 3. The number of nitrogens with two attached hydrogens (primary N) is 1. The summed E-state index contributed by atoms with van der Waals surface area (Å²) >= 11 is 0. The maximum Gasteiger partial charge on any atom is 0.161 e. The van der Waals surface area contributed by atoms with E-state index in [9.17, 15) is 0 Å². The molecule has 0 aliphatic rings. The standard InChI is InChI=1S/C12H14N4/c1-8-3-4-14-7-11(8)12-15-9(2)5-10(6-13)16-12/h3-5,7H,6,13H2,1-2H3. The van der Waals surface area contributed by atoms with E-state index in [1.165, 1.54) is 0 Å². The average molecular weight is 214 g/mol. The van der Waals surface area contributed by atoms with Gasteiger partial charge in [-0.3, -0.25) is 4.98 Å². The molecule has 2 rings (SSSR count). The van der Waals surface area contributed by atoms with Crippen LogP contribution in [0.25, 0.3) is 11.4 Å². The van der Waals surface area contributed by atoms with Crippen LogP contribution < -0.4 is 5.73 Å². The van der Waals surface area contributed by atoms with Crippen LogP contribution in [-0.2, 0) is 6.54 Å². The summed E-state index contributed by atoms with van der Waals surface area (Å²) in [5, 5.41) is 0. The Kier molecular flexibility index (Phi) is 2.92. The van der Waals surface area contributed by atoms with Crippen LogP contribution in [0.2, 0.25) is 0 Å². The molecule has 0 radical (unpaired) electrons. The number of hydrogen-bond donors (Lipinski definition) is 1.